The summed E-state index contributed by atoms with van der Waals surface area (Å²) in [4.78, 5) is 14.5. The third kappa shape index (κ3) is 5.46. The number of carbonyl (C=O) groups is 1. The number of carbonyl (C=O) groups excluding carboxylic acids is 1. The number of benzene rings is 2. The van der Waals surface area contributed by atoms with E-state index in [4.69, 9.17) is 11.6 Å². The summed E-state index contributed by atoms with van der Waals surface area (Å²) in [5.74, 6) is -14.9. The van der Waals surface area contributed by atoms with E-state index in [1.165, 1.54) is 53.4 Å². The molecule has 204 valence electrons. The fourth-order valence-electron chi connectivity index (χ4n) is 3.66. The molecule has 1 heterocycles. The number of nitrogens with zero attached hydrogens (tertiary/aromatic N) is 1. The first kappa shape index (κ1) is 29.2. The molecule has 0 aromatic heterocycles. The lowest BCUT2D eigenvalue weighted by Crippen LogP contribution is -2.63. The van der Waals surface area contributed by atoms with Gasteiger partial charge in [0, 0.05) is 23.7 Å². The van der Waals surface area contributed by atoms with Gasteiger partial charge >= 0.3 is 23.3 Å². The van der Waals surface area contributed by atoms with Gasteiger partial charge < -0.3 is 4.90 Å². The number of nitrogens with one attached hydrogen (secondary N) is 1. The van der Waals surface area contributed by atoms with Crippen molar-refractivity contribution in [1.82, 2.24) is 9.62 Å². The number of alkyl halides is 9. The summed E-state index contributed by atoms with van der Waals surface area (Å²) in [6.07, 6.45) is -5.69. The molecule has 1 N–H and O–H groups in total. The molecule has 0 spiro atoms. The van der Waals surface area contributed by atoms with Crippen molar-refractivity contribution in [2.45, 2.75) is 42.2 Å². The molecule has 1 saturated heterocycles. The van der Waals surface area contributed by atoms with Gasteiger partial charge in [0.25, 0.3) is 5.91 Å². The number of hydrogen-bond donors (Lipinski definition) is 1. The predicted molar refractivity (Wildman–Crippen MR) is 117 cm³/mol. The molecule has 4 nitrogen and oxygen atoms in total. The molecule has 1 aliphatic heterocycles. The van der Waals surface area contributed by atoms with Crippen molar-refractivity contribution in [1.29, 1.82) is 0 Å². The molecule has 3 rings (SSSR count). The molecule has 0 aliphatic carbocycles. The van der Waals surface area contributed by atoms with Gasteiger partial charge in [0.05, 0.1) is 6.04 Å². The highest BCUT2D eigenvalue weighted by molar-refractivity contribution is 7.84. The summed E-state index contributed by atoms with van der Waals surface area (Å²) >= 11 is 5.81. The molecular weight excluding hydrogens is 563 g/mol. The minimum Gasteiger partial charge on any atom is -0.339 e. The van der Waals surface area contributed by atoms with Gasteiger partial charge in [-0.3, -0.25) is 4.79 Å². The molecule has 2 aromatic rings. The molecule has 0 radical (unpaired) electrons. The van der Waals surface area contributed by atoms with E-state index in [2.05, 4.69) is 0 Å². The Morgan fingerprint density at radius 3 is 1.95 bits per heavy atom. The zero-order chi connectivity index (χ0) is 27.8. The molecule has 0 saturated carbocycles. The van der Waals surface area contributed by atoms with E-state index in [0.717, 1.165) is 0 Å². The maximum Gasteiger partial charge on any atom is 0.460 e. The average molecular weight is 581 g/mol. The first-order valence-electron chi connectivity index (χ1n) is 10.5. The number of rotatable bonds is 8. The van der Waals surface area contributed by atoms with Crippen LogP contribution in [0, 0.1) is 0 Å². The summed E-state index contributed by atoms with van der Waals surface area (Å²) in [7, 11) is -4.51. The SMILES string of the molecule is O=C(c1ccccc1C(NS(=O)C(F)(F)C(F)(F)C(F)(F)C(F)(F)F)c1ccc(Cl)cc1)N1CCCC1. The lowest BCUT2D eigenvalue weighted by molar-refractivity contribution is -0.381. The van der Waals surface area contributed by atoms with Gasteiger partial charge in [-0.05, 0) is 42.2 Å². The molecule has 2 unspecified atom stereocenters. The fourth-order valence-corrected chi connectivity index (χ4v) is 4.77. The van der Waals surface area contributed by atoms with E-state index < -0.39 is 46.2 Å². The van der Waals surface area contributed by atoms with Crippen LogP contribution in [0.3, 0.4) is 0 Å². The summed E-state index contributed by atoms with van der Waals surface area (Å²) in [6.45, 7) is 0.740. The number of hydrogen-bond acceptors (Lipinski definition) is 2. The van der Waals surface area contributed by atoms with Crippen molar-refractivity contribution < 1.29 is 48.5 Å². The summed E-state index contributed by atoms with van der Waals surface area (Å²) in [5, 5.41) is -6.25. The van der Waals surface area contributed by atoms with Crippen molar-refractivity contribution in [2.75, 3.05) is 13.1 Å². The minimum atomic E-state index is -7.21. The van der Waals surface area contributed by atoms with E-state index >= 15 is 0 Å². The maximum atomic E-state index is 14.4. The van der Waals surface area contributed by atoms with Crippen LogP contribution in [0.2, 0.25) is 5.02 Å². The van der Waals surface area contributed by atoms with Crippen molar-refractivity contribution in [3.8, 4) is 0 Å². The van der Waals surface area contributed by atoms with Gasteiger partial charge in [0.2, 0.25) is 0 Å². The minimum absolute atomic E-state index is 0.0684. The second-order valence-electron chi connectivity index (χ2n) is 8.12. The second-order valence-corrected chi connectivity index (χ2v) is 9.84. The molecule has 37 heavy (non-hydrogen) atoms. The van der Waals surface area contributed by atoms with Crippen LogP contribution in [0.1, 0.15) is 40.4 Å². The molecule has 0 bridgehead atoms. The van der Waals surface area contributed by atoms with Gasteiger partial charge in [-0.1, -0.05) is 41.9 Å². The van der Waals surface area contributed by atoms with Gasteiger partial charge in [-0.2, -0.15) is 39.5 Å². The van der Waals surface area contributed by atoms with Crippen LogP contribution in [0.4, 0.5) is 39.5 Å². The highest BCUT2D eigenvalue weighted by Crippen LogP contribution is 2.54. The van der Waals surface area contributed by atoms with Crippen LogP contribution in [-0.4, -0.2) is 51.4 Å². The largest absolute Gasteiger partial charge is 0.460 e. The molecule has 2 aromatic carbocycles. The Morgan fingerprint density at radius 2 is 1.41 bits per heavy atom. The summed E-state index contributed by atoms with van der Waals surface area (Å²) < 4.78 is 135. The zero-order valence-electron chi connectivity index (χ0n) is 18.5. The lowest BCUT2D eigenvalue weighted by Gasteiger charge is -2.34. The van der Waals surface area contributed by atoms with E-state index in [1.54, 1.807) is 4.72 Å². The lowest BCUT2D eigenvalue weighted by atomic mass is 9.94. The molecular formula is C22H18ClF9N2O2S. The Bertz CT molecular complexity index is 1150. The quantitative estimate of drug-likeness (QED) is 0.370. The normalized spacial score (nSPS) is 17.1. The molecule has 2 atom stereocenters. The molecule has 1 fully saturated rings. The third-order valence-electron chi connectivity index (χ3n) is 5.67. The Kier molecular flexibility index (Phi) is 8.26. The maximum absolute atomic E-state index is 14.4. The van der Waals surface area contributed by atoms with Gasteiger partial charge in [-0.15, -0.1) is 0 Å². The van der Waals surface area contributed by atoms with Crippen LogP contribution >= 0.6 is 11.6 Å². The number of halogens is 10. The van der Waals surface area contributed by atoms with Gasteiger partial charge in [0.1, 0.15) is 0 Å². The van der Waals surface area contributed by atoms with Crippen LogP contribution in [0.25, 0.3) is 0 Å². The van der Waals surface area contributed by atoms with Crippen LogP contribution in [0.5, 0.6) is 0 Å². The third-order valence-corrected chi connectivity index (χ3v) is 7.10. The van der Waals surface area contributed by atoms with E-state index in [9.17, 15) is 48.5 Å². The first-order chi connectivity index (χ1) is 17.0. The van der Waals surface area contributed by atoms with Crippen LogP contribution in [-0.2, 0) is 11.0 Å². The average Bonchev–Trinajstić information content (AvgIpc) is 3.36. The topological polar surface area (TPSA) is 49.4 Å². The molecule has 1 amide bonds. The highest BCUT2D eigenvalue weighted by Gasteiger charge is 2.83. The second kappa shape index (κ2) is 10.4. The first-order valence-corrected chi connectivity index (χ1v) is 12.1. The van der Waals surface area contributed by atoms with Gasteiger partial charge in [-0.25, -0.2) is 8.93 Å². The van der Waals surface area contributed by atoms with Crippen molar-refractivity contribution in [3.63, 3.8) is 0 Å². The highest BCUT2D eigenvalue weighted by atomic mass is 35.5. The van der Waals surface area contributed by atoms with E-state index in [1.807, 2.05) is 0 Å². The van der Waals surface area contributed by atoms with Crippen molar-refractivity contribution in [2.24, 2.45) is 0 Å². The van der Waals surface area contributed by atoms with Crippen molar-refractivity contribution in [3.05, 3.63) is 70.2 Å². The van der Waals surface area contributed by atoms with Crippen LogP contribution < -0.4 is 4.72 Å². The predicted octanol–water partition coefficient (Wildman–Crippen LogP) is 6.34. The standard InChI is InChI=1S/C22H18ClF9N2O2S/c23-14-9-7-13(8-10-14)17(15-5-1-2-6-16(15)18(35)34-11-3-4-12-34)33-37(36)22(31,32)20(26,27)19(24,25)21(28,29)30/h1-2,5-10,17,33H,3-4,11-12H2. The zero-order valence-corrected chi connectivity index (χ0v) is 20.0. The van der Waals surface area contributed by atoms with E-state index in [-0.39, 0.29) is 21.7 Å². The fraction of sp³-hybridized carbons (Fsp3) is 0.409. The Labute approximate surface area is 212 Å². The van der Waals surface area contributed by atoms with E-state index in [0.29, 0.717) is 25.9 Å². The molecule has 1 aliphatic rings. The molecule has 15 heteroatoms. The van der Waals surface area contributed by atoms with Crippen molar-refractivity contribution >= 4 is 28.5 Å². The summed E-state index contributed by atoms with van der Waals surface area (Å²) in [5.41, 5.74) is -0.331. The van der Waals surface area contributed by atoms with Crippen LogP contribution in [0.15, 0.2) is 48.5 Å². The summed E-state index contributed by atoms with van der Waals surface area (Å²) in [6, 6.07) is 8.34. The van der Waals surface area contributed by atoms with Gasteiger partial charge in [0.15, 0.2) is 11.0 Å². The smallest absolute Gasteiger partial charge is 0.339 e. The Morgan fingerprint density at radius 1 is 0.865 bits per heavy atom. The monoisotopic (exact) mass is 580 g/mol. The number of amides is 1. The Hall–Kier alpha value is -2.32. The number of likely N-dealkylation sites (tertiary alicyclic amines) is 1. The Balaban J connectivity index is 2.07.